The van der Waals surface area contributed by atoms with E-state index in [4.69, 9.17) is 4.74 Å². The minimum Gasteiger partial charge on any atom is -0.496 e. The summed E-state index contributed by atoms with van der Waals surface area (Å²) in [6.07, 6.45) is 1.59. The average molecular weight is 345 g/mol. The highest BCUT2D eigenvalue weighted by Gasteiger charge is 2.24. The van der Waals surface area contributed by atoms with Crippen molar-refractivity contribution >= 4 is 21.3 Å². The Bertz CT molecular complexity index is 1020. The van der Waals surface area contributed by atoms with Gasteiger partial charge in [0.15, 0.2) is 11.4 Å². The van der Waals surface area contributed by atoms with Crippen molar-refractivity contribution in [1.82, 2.24) is 14.6 Å². The number of hydrogen-bond acceptors (Lipinski definition) is 6. The fraction of sp³-hybridized carbons (Fsp3) is 0.188. The van der Waals surface area contributed by atoms with Gasteiger partial charge in [-0.05, 0) is 37.3 Å². The summed E-state index contributed by atoms with van der Waals surface area (Å²) in [5.74, 6) is -0.0888. The maximum atomic E-state index is 12.8. The van der Waals surface area contributed by atoms with Crippen molar-refractivity contribution in [2.24, 2.45) is 0 Å². The van der Waals surface area contributed by atoms with E-state index in [1.54, 1.807) is 36.5 Å². The minimum absolute atomic E-state index is 0.145. The lowest BCUT2D eigenvalue weighted by atomic mass is 10.1. The van der Waals surface area contributed by atoms with Crippen molar-refractivity contribution in [3.8, 4) is 5.75 Å². The van der Waals surface area contributed by atoms with Gasteiger partial charge in [-0.3, -0.25) is 9.20 Å². The predicted octanol–water partition coefficient (Wildman–Crippen LogP) is 1.91. The van der Waals surface area contributed by atoms with E-state index in [1.165, 1.54) is 24.5 Å². The second-order valence-electron chi connectivity index (χ2n) is 5.25. The van der Waals surface area contributed by atoms with E-state index >= 15 is 0 Å². The predicted molar refractivity (Wildman–Crippen MR) is 86.9 cm³/mol. The molecule has 24 heavy (non-hydrogen) atoms. The van der Waals surface area contributed by atoms with Gasteiger partial charge in [0.05, 0.1) is 12.9 Å². The molecule has 0 atom stereocenters. The quantitative estimate of drug-likeness (QED) is 0.656. The summed E-state index contributed by atoms with van der Waals surface area (Å²) in [6.45, 7) is 1.42. The summed E-state index contributed by atoms with van der Waals surface area (Å²) in [5, 5.41) is 7.51. The second-order valence-corrected chi connectivity index (χ2v) is 7.14. The van der Waals surface area contributed by atoms with Gasteiger partial charge in [0.1, 0.15) is 5.75 Å². The molecule has 3 aromatic rings. The number of aromatic nitrogens is 3. The number of Topliss-reactive ketones (excluding diaryl/α,β-unsaturated/α-hetero) is 1. The number of carbonyl (C=O) groups is 1. The van der Waals surface area contributed by atoms with Crippen LogP contribution in [0.25, 0.3) is 5.65 Å². The highest BCUT2D eigenvalue weighted by Crippen LogP contribution is 2.25. The smallest absolute Gasteiger partial charge is 0.254 e. The number of pyridine rings is 1. The first-order valence-corrected chi connectivity index (χ1v) is 8.78. The Labute approximate surface area is 138 Å². The van der Waals surface area contributed by atoms with Crippen LogP contribution in [-0.4, -0.2) is 35.9 Å². The minimum atomic E-state index is -3.77. The van der Waals surface area contributed by atoms with E-state index in [0.29, 0.717) is 22.5 Å². The largest absolute Gasteiger partial charge is 0.496 e. The molecule has 0 fully saturated rings. The molecule has 2 aromatic heterocycles. The SMILES string of the molecule is COc1ccc(C(C)=O)cc1CS(=O)(=O)c1nnc2ccccn12. The van der Waals surface area contributed by atoms with Crippen molar-refractivity contribution in [1.29, 1.82) is 0 Å². The average Bonchev–Trinajstić information content (AvgIpc) is 2.99. The van der Waals surface area contributed by atoms with Crippen LogP contribution < -0.4 is 4.74 Å². The Balaban J connectivity index is 2.06. The number of sulfone groups is 1. The first-order chi connectivity index (χ1) is 11.4. The second kappa shape index (κ2) is 6.04. The maximum Gasteiger partial charge on any atom is 0.254 e. The first-order valence-electron chi connectivity index (χ1n) is 7.13. The van der Waals surface area contributed by atoms with E-state index in [2.05, 4.69) is 10.2 Å². The summed E-state index contributed by atoms with van der Waals surface area (Å²) >= 11 is 0. The van der Waals surface area contributed by atoms with Crippen LogP contribution in [0.2, 0.25) is 0 Å². The Morgan fingerprint density at radius 3 is 2.71 bits per heavy atom. The molecule has 1 aromatic carbocycles. The van der Waals surface area contributed by atoms with Gasteiger partial charge >= 0.3 is 0 Å². The third-order valence-corrected chi connectivity index (χ3v) is 5.12. The molecule has 0 saturated carbocycles. The van der Waals surface area contributed by atoms with Gasteiger partial charge in [0.25, 0.3) is 5.16 Å². The normalized spacial score (nSPS) is 11.6. The van der Waals surface area contributed by atoms with E-state index < -0.39 is 9.84 Å². The lowest BCUT2D eigenvalue weighted by molar-refractivity contribution is 0.101. The molecule has 3 rings (SSSR count). The summed E-state index contributed by atoms with van der Waals surface area (Å²) in [6, 6.07) is 9.84. The third kappa shape index (κ3) is 2.88. The molecule has 0 N–H and O–H groups in total. The number of nitrogens with zero attached hydrogens (tertiary/aromatic N) is 3. The Hall–Kier alpha value is -2.74. The Kier molecular flexibility index (Phi) is 4.06. The number of methoxy groups -OCH3 is 1. The van der Waals surface area contributed by atoms with Gasteiger partial charge in [-0.2, -0.15) is 0 Å². The lowest BCUT2D eigenvalue weighted by Crippen LogP contribution is -2.11. The monoisotopic (exact) mass is 345 g/mol. The number of ether oxygens (including phenoxy) is 1. The molecule has 124 valence electrons. The summed E-state index contributed by atoms with van der Waals surface area (Å²) in [4.78, 5) is 11.5. The Morgan fingerprint density at radius 1 is 1.21 bits per heavy atom. The molecule has 0 spiro atoms. The van der Waals surface area contributed by atoms with Crippen LogP contribution in [0.3, 0.4) is 0 Å². The Morgan fingerprint density at radius 2 is 2.00 bits per heavy atom. The van der Waals surface area contributed by atoms with Crippen LogP contribution in [0.15, 0.2) is 47.8 Å². The van der Waals surface area contributed by atoms with Gasteiger partial charge in [0, 0.05) is 17.3 Å². The van der Waals surface area contributed by atoms with Crippen molar-refractivity contribution in [2.45, 2.75) is 17.8 Å². The van der Waals surface area contributed by atoms with Crippen LogP contribution >= 0.6 is 0 Å². The molecular weight excluding hydrogens is 330 g/mol. The molecule has 0 aliphatic carbocycles. The zero-order valence-corrected chi connectivity index (χ0v) is 13.9. The number of fused-ring (bicyclic) bond motifs is 1. The summed E-state index contributed by atoms with van der Waals surface area (Å²) in [5.41, 5.74) is 1.27. The number of ketones is 1. The van der Waals surface area contributed by atoms with Gasteiger partial charge in [0.2, 0.25) is 9.84 Å². The number of hydrogen-bond donors (Lipinski definition) is 0. The fourth-order valence-corrected chi connectivity index (χ4v) is 3.79. The fourth-order valence-electron chi connectivity index (χ4n) is 2.41. The van der Waals surface area contributed by atoms with Crippen LogP contribution in [0.1, 0.15) is 22.8 Å². The van der Waals surface area contributed by atoms with E-state index in [-0.39, 0.29) is 16.7 Å². The molecule has 0 saturated heterocycles. The third-order valence-electron chi connectivity index (χ3n) is 3.59. The molecule has 0 bridgehead atoms. The molecule has 8 heteroatoms. The van der Waals surface area contributed by atoms with Crippen molar-refractivity contribution in [2.75, 3.05) is 7.11 Å². The molecule has 0 amide bonds. The maximum absolute atomic E-state index is 12.8. The van der Waals surface area contributed by atoms with E-state index in [9.17, 15) is 13.2 Å². The van der Waals surface area contributed by atoms with E-state index in [1.807, 2.05) is 0 Å². The van der Waals surface area contributed by atoms with Crippen LogP contribution in [-0.2, 0) is 15.6 Å². The molecule has 0 aliphatic heterocycles. The lowest BCUT2D eigenvalue weighted by Gasteiger charge is -2.10. The van der Waals surface area contributed by atoms with Crippen molar-refractivity contribution in [3.05, 3.63) is 53.7 Å². The molecule has 0 radical (unpaired) electrons. The molecular formula is C16H15N3O4S. The van der Waals surface area contributed by atoms with Gasteiger partial charge in [-0.1, -0.05) is 6.07 Å². The molecule has 2 heterocycles. The van der Waals surface area contributed by atoms with Gasteiger partial charge in [-0.15, -0.1) is 10.2 Å². The van der Waals surface area contributed by atoms with Gasteiger partial charge in [-0.25, -0.2) is 8.42 Å². The highest BCUT2D eigenvalue weighted by atomic mass is 32.2. The van der Waals surface area contributed by atoms with Gasteiger partial charge < -0.3 is 4.74 Å². The van der Waals surface area contributed by atoms with Crippen LogP contribution in [0.4, 0.5) is 0 Å². The van der Waals surface area contributed by atoms with Crippen molar-refractivity contribution < 1.29 is 17.9 Å². The molecule has 0 unspecified atom stereocenters. The topological polar surface area (TPSA) is 90.6 Å². The number of rotatable bonds is 5. The van der Waals surface area contributed by atoms with Crippen LogP contribution in [0.5, 0.6) is 5.75 Å². The standard InChI is InChI=1S/C16H15N3O4S/c1-11(20)12-6-7-14(23-2)13(9-12)10-24(21,22)16-18-17-15-5-3-4-8-19(15)16/h3-9H,10H2,1-2H3. The summed E-state index contributed by atoms with van der Waals surface area (Å²) < 4.78 is 32.1. The number of carbonyl (C=O) groups excluding carboxylic acids is 1. The summed E-state index contributed by atoms with van der Waals surface area (Å²) in [7, 11) is -2.32. The van der Waals surface area contributed by atoms with Crippen LogP contribution in [0, 0.1) is 0 Å². The number of benzene rings is 1. The van der Waals surface area contributed by atoms with Crippen molar-refractivity contribution in [3.63, 3.8) is 0 Å². The molecule has 7 nitrogen and oxygen atoms in total. The molecule has 0 aliphatic rings. The first kappa shape index (κ1) is 16.1. The zero-order valence-electron chi connectivity index (χ0n) is 13.1. The highest BCUT2D eigenvalue weighted by molar-refractivity contribution is 7.90. The van der Waals surface area contributed by atoms with E-state index in [0.717, 1.165) is 0 Å². The zero-order chi connectivity index (χ0) is 17.3.